The Bertz CT molecular complexity index is 2150. The third-order valence-corrected chi connectivity index (χ3v) is 12.5. The molecule has 0 spiro atoms. The molecule has 0 radical (unpaired) electrons. The van der Waals surface area contributed by atoms with Gasteiger partial charge in [0.25, 0.3) is 11.8 Å². The molecule has 6 heterocycles. The number of aromatic amines is 2. The van der Waals surface area contributed by atoms with E-state index >= 15 is 0 Å². The second-order valence-electron chi connectivity index (χ2n) is 16.2. The van der Waals surface area contributed by atoms with Crippen LogP contribution in [0.3, 0.4) is 0 Å². The van der Waals surface area contributed by atoms with Gasteiger partial charge < -0.3 is 19.4 Å². The second kappa shape index (κ2) is 18.3. The molecule has 57 heavy (non-hydrogen) atoms. The van der Waals surface area contributed by atoms with Crippen molar-refractivity contribution < 1.29 is 23.9 Å². The SMILES string of the molecule is CCCCCCCCCCOC(C)C1=C(C)c2cc3[nH]c(c4c5[nH]c(cc6nc(cc1n2)C(C)=C6CC)c(C)c5C(=O)N(CCC)C4=O)[C@@H](CCC(=O)OC)[C@@H]3C. The molecule has 2 aromatic heterocycles. The van der Waals surface area contributed by atoms with E-state index < -0.39 is 0 Å². The normalized spacial score (nSPS) is 17.8. The summed E-state index contributed by atoms with van der Waals surface area (Å²) in [4.78, 5) is 60.3. The number of ether oxygens (including phenoxy) is 2. The van der Waals surface area contributed by atoms with Gasteiger partial charge in [-0.1, -0.05) is 72.6 Å². The van der Waals surface area contributed by atoms with Crippen molar-refractivity contribution >= 4 is 51.1 Å². The largest absolute Gasteiger partial charge is 0.469 e. The fraction of sp³-hybridized carbons (Fsp3) is 0.553. The number of amides is 2. The molecule has 3 atom stereocenters. The van der Waals surface area contributed by atoms with Gasteiger partial charge in [0.2, 0.25) is 0 Å². The molecule has 8 bridgehead atoms. The first-order valence-corrected chi connectivity index (χ1v) is 21.5. The molecule has 2 aromatic rings. The summed E-state index contributed by atoms with van der Waals surface area (Å²) in [6, 6.07) is 6.21. The number of hydrogen-bond donors (Lipinski definition) is 2. The first kappa shape index (κ1) is 42.0. The lowest BCUT2D eigenvalue weighted by atomic mass is 9.84. The lowest BCUT2D eigenvalue weighted by molar-refractivity contribution is -0.140. The molecule has 4 aliphatic heterocycles. The van der Waals surface area contributed by atoms with Gasteiger partial charge in [-0.15, -0.1) is 0 Å². The van der Waals surface area contributed by atoms with Crippen LogP contribution in [-0.2, 0) is 14.3 Å². The summed E-state index contributed by atoms with van der Waals surface area (Å²) in [5.74, 6) is -1.28. The Labute approximate surface area is 338 Å². The summed E-state index contributed by atoms with van der Waals surface area (Å²) >= 11 is 0. The van der Waals surface area contributed by atoms with E-state index in [1.165, 1.54) is 50.5 Å². The van der Waals surface area contributed by atoms with Crippen LogP contribution in [0.15, 0.2) is 18.2 Å². The quantitative estimate of drug-likeness (QED) is 0.0929. The van der Waals surface area contributed by atoms with Gasteiger partial charge >= 0.3 is 5.97 Å². The Morgan fingerprint density at radius 3 is 2.18 bits per heavy atom. The molecule has 306 valence electrons. The summed E-state index contributed by atoms with van der Waals surface area (Å²) in [6.45, 7) is 17.7. The van der Waals surface area contributed by atoms with Crippen molar-refractivity contribution in [3.8, 4) is 0 Å². The van der Waals surface area contributed by atoms with Crippen molar-refractivity contribution in [2.45, 2.75) is 150 Å². The molecule has 1 unspecified atom stereocenters. The van der Waals surface area contributed by atoms with E-state index in [0.717, 1.165) is 81.1 Å². The molecule has 4 aliphatic rings. The number of nitrogens with one attached hydrogen (secondary N) is 2. The molecule has 2 N–H and O–H groups in total. The number of aryl methyl sites for hydroxylation is 1. The van der Waals surface area contributed by atoms with Crippen LogP contribution in [-0.4, -0.2) is 69.0 Å². The molecule has 0 saturated carbocycles. The molecule has 0 aromatic carbocycles. The monoisotopic (exact) mass is 777 g/mol. The highest BCUT2D eigenvalue weighted by atomic mass is 16.5. The van der Waals surface area contributed by atoms with Gasteiger partial charge in [0.05, 0.1) is 52.6 Å². The van der Waals surface area contributed by atoms with E-state index in [2.05, 4.69) is 63.6 Å². The molecule has 2 amide bonds. The number of esters is 1. The summed E-state index contributed by atoms with van der Waals surface area (Å²) in [5.41, 5.74) is 12.2. The number of carbonyl (C=O) groups is 3. The Morgan fingerprint density at radius 2 is 1.49 bits per heavy atom. The number of rotatable bonds is 17. The number of H-pyrrole nitrogens is 2. The van der Waals surface area contributed by atoms with Gasteiger partial charge in [-0.2, -0.15) is 0 Å². The number of imide groups is 1. The van der Waals surface area contributed by atoms with Gasteiger partial charge in [0.15, 0.2) is 0 Å². The standard InChI is InChI=1S/C47H63N5O5/c1-10-13-14-15-16-17-18-19-23-57-31(8)41-29(6)36-24-35-28(5)33(20-21-40(53)56-9)44(50-35)43-45-42(46(54)52(22-11-2)47(43)55)30(7)37(51-45)25-38-32(12-3)27(4)34(48-38)26-39(41)49-36/h24-26,28,31,33,50-51H,10-23H2,1-9H3/t28-,31?,33-/m0/s1. The van der Waals surface area contributed by atoms with Crippen LogP contribution in [0, 0.1) is 6.92 Å². The van der Waals surface area contributed by atoms with Crippen LogP contribution in [0.5, 0.6) is 0 Å². The van der Waals surface area contributed by atoms with Crippen LogP contribution in [0.4, 0.5) is 0 Å². The van der Waals surface area contributed by atoms with Crippen LogP contribution < -0.4 is 0 Å². The van der Waals surface area contributed by atoms with Gasteiger partial charge in [0.1, 0.15) is 0 Å². The number of methoxy groups -OCH3 is 1. The number of carbonyl (C=O) groups excluding carboxylic acids is 3. The van der Waals surface area contributed by atoms with Crippen molar-refractivity contribution in [1.82, 2.24) is 24.8 Å². The van der Waals surface area contributed by atoms with Crippen molar-refractivity contribution in [2.75, 3.05) is 20.3 Å². The van der Waals surface area contributed by atoms with Gasteiger partial charge in [0, 0.05) is 53.9 Å². The van der Waals surface area contributed by atoms with Crippen LogP contribution in [0.2, 0.25) is 0 Å². The van der Waals surface area contributed by atoms with Crippen molar-refractivity contribution in [2.24, 2.45) is 0 Å². The molecule has 0 aliphatic carbocycles. The number of unbranched alkanes of at least 4 members (excludes halogenated alkanes) is 7. The predicted octanol–water partition coefficient (Wildman–Crippen LogP) is 11.0. The Balaban J connectivity index is 1.54. The topological polar surface area (TPSA) is 130 Å². The van der Waals surface area contributed by atoms with Crippen molar-refractivity contribution in [1.29, 1.82) is 0 Å². The van der Waals surface area contributed by atoms with Crippen LogP contribution >= 0.6 is 0 Å². The highest BCUT2D eigenvalue weighted by Crippen LogP contribution is 2.45. The maximum absolute atomic E-state index is 14.6. The zero-order valence-corrected chi connectivity index (χ0v) is 35.7. The lowest BCUT2D eigenvalue weighted by Gasteiger charge is -2.27. The Kier molecular flexibility index (Phi) is 13.5. The molecular formula is C47H63N5O5. The summed E-state index contributed by atoms with van der Waals surface area (Å²) in [6.07, 6.45) is 11.8. The minimum atomic E-state index is -0.342. The lowest BCUT2D eigenvalue weighted by Crippen LogP contribution is -2.41. The zero-order chi connectivity index (χ0) is 41.0. The average Bonchev–Trinajstić information content (AvgIpc) is 3.87. The second-order valence-corrected chi connectivity index (χ2v) is 16.2. The first-order chi connectivity index (χ1) is 27.4. The molecule has 10 nitrogen and oxygen atoms in total. The van der Waals surface area contributed by atoms with E-state index in [4.69, 9.17) is 19.4 Å². The van der Waals surface area contributed by atoms with Gasteiger partial charge in [-0.25, -0.2) is 9.97 Å². The smallest absolute Gasteiger partial charge is 0.305 e. The van der Waals surface area contributed by atoms with E-state index in [1.807, 2.05) is 19.9 Å². The van der Waals surface area contributed by atoms with Crippen LogP contribution in [0.25, 0.3) is 33.3 Å². The molecule has 0 saturated heterocycles. The third kappa shape index (κ3) is 8.38. The fourth-order valence-corrected chi connectivity index (χ4v) is 9.07. The summed E-state index contributed by atoms with van der Waals surface area (Å²) in [7, 11) is 1.40. The molecule has 10 heteroatoms. The van der Waals surface area contributed by atoms with Gasteiger partial charge in [-0.05, 0) is 93.9 Å². The Morgan fingerprint density at radius 1 is 0.825 bits per heavy atom. The van der Waals surface area contributed by atoms with Crippen molar-refractivity contribution in [3.63, 3.8) is 0 Å². The number of allylic oxidation sites excluding steroid dienone is 3. The van der Waals surface area contributed by atoms with Gasteiger partial charge in [-0.3, -0.25) is 19.3 Å². The average molecular weight is 778 g/mol. The number of hydrogen-bond acceptors (Lipinski definition) is 7. The highest BCUT2D eigenvalue weighted by Gasteiger charge is 2.40. The van der Waals surface area contributed by atoms with E-state index in [0.29, 0.717) is 48.3 Å². The van der Waals surface area contributed by atoms with Crippen molar-refractivity contribution in [3.05, 3.63) is 69.1 Å². The number of aromatic nitrogens is 4. The minimum Gasteiger partial charge on any atom is -0.469 e. The van der Waals surface area contributed by atoms with E-state index in [1.54, 1.807) is 0 Å². The molecule has 0 fully saturated rings. The zero-order valence-electron chi connectivity index (χ0n) is 35.7. The third-order valence-electron chi connectivity index (χ3n) is 12.5. The summed E-state index contributed by atoms with van der Waals surface area (Å²) in [5, 5.41) is 0. The minimum absolute atomic E-state index is 0.0979. The molecular weight excluding hydrogens is 715 g/mol. The van der Waals surface area contributed by atoms with E-state index in [9.17, 15) is 14.4 Å². The maximum Gasteiger partial charge on any atom is 0.305 e. The predicted molar refractivity (Wildman–Crippen MR) is 228 cm³/mol. The number of fused-ring (bicyclic) bond motifs is 8. The highest BCUT2D eigenvalue weighted by molar-refractivity contribution is 6.23. The molecule has 6 rings (SSSR count). The van der Waals surface area contributed by atoms with E-state index in [-0.39, 0.29) is 42.1 Å². The Hall–Kier alpha value is -4.57. The first-order valence-electron chi connectivity index (χ1n) is 21.5. The summed E-state index contributed by atoms with van der Waals surface area (Å²) < 4.78 is 11.6. The number of nitrogens with zero attached hydrogens (tertiary/aromatic N) is 3. The van der Waals surface area contributed by atoms with Crippen LogP contribution in [0.1, 0.15) is 198 Å². The fourth-order valence-electron chi connectivity index (χ4n) is 9.07. The maximum atomic E-state index is 14.6.